The van der Waals surface area contributed by atoms with E-state index < -0.39 is 0 Å². The van der Waals surface area contributed by atoms with Crippen molar-refractivity contribution in [2.45, 2.75) is 16.8 Å². The number of nitrogen functional groups attached to an aromatic ring is 1. The van der Waals surface area contributed by atoms with Gasteiger partial charge in [-0.05, 0) is 36.8 Å². The molecule has 0 fully saturated rings. The molecule has 90 valence electrons. The Balaban J connectivity index is 1.93. The highest BCUT2D eigenvalue weighted by atomic mass is 32.2. The fourth-order valence-electron chi connectivity index (χ4n) is 1.91. The Bertz CT molecular complexity index is 668. The summed E-state index contributed by atoms with van der Waals surface area (Å²) in [5.74, 6) is 0. The van der Waals surface area contributed by atoms with Crippen LogP contribution in [0.1, 0.15) is 5.56 Å². The minimum absolute atomic E-state index is 0.844. The zero-order valence-corrected chi connectivity index (χ0v) is 10.9. The summed E-state index contributed by atoms with van der Waals surface area (Å²) in [7, 11) is 0. The Morgan fingerprint density at radius 1 is 1.06 bits per heavy atom. The van der Waals surface area contributed by atoms with E-state index in [1.54, 1.807) is 11.8 Å². The van der Waals surface area contributed by atoms with Crippen LogP contribution in [0.4, 0.5) is 5.69 Å². The van der Waals surface area contributed by atoms with Gasteiger partial charge in [0.1, 0.15) is 0 Å². The number of benzene rings is 2. The predicted molar refractivity (Wildman–Crippen MR) is 78.0 cm³/mol. The number of hydrogen-bond donors (Lipinski definition) is 2. The largest absolute Gasteiger partial charge is 0.398 e. The second kappa shape index (κ2) is 4.42. The third-order valence-corrected chi connectivity index (χ3v) is 3.91. The fraction of sp³-hybridized carbons (Fsp3) is 0.0667. The van der Waals surface area contributed by atoms with E-state index in [0.29, 0.717) is 0 Å². The van der Waals surface area contributed by atoms with Crippen molar-refractivity contribution in [1.29, 1.82) is 0 Å². The van der Waals surface area contributed by atoms with Gasteiger partial charge in [-0.1, -0.05) is 36.0 Å². The van der Waals surface area contributed by atoms with Gasteiger partial charge in [-0.25, -0.2) is 0 Å². The first-order valence-corrected chi connectivity index (χ1v) is 6.66. The SMILES string of the molecule is Cc1ccc(Sc2cc3ccccc3[nH]2)cc1N. The van der Waals surface area contributed by atoms with Crippen LogP contribution in [-0.2, 0) is 0 Å². The maximum absolute atomic E-state index is 5.93. The lowest BCUT2D eigenvalue weighted by Crippen LogP contribution is -1.88. The molecule has 0 radical (unpaired) electrons. The molecule has 0 spiro atoms. The highest BCUT2D eigenvalue weighted by Gasteiger charge is 2.03. The zero-order valence-electron chi connectivity index (χ0n) is 10.1. The lowest BCUT2D eigenvalue weighted by molar-refractivity contribution is 1.23. The fourth-order valence-corrected chi connectivity index (χ4v) is 2.83. The Hall–Kier alpha value is -1.87. The Kier molecular flexibility index (Phi) is 2.76. The zero-order chi connectivity index (χ0) is 12.5. The smallest absolute Gasteiger partial charge is 0.0780 e. The van der Waals surface area contributed by atoms with E-state index in [2.05, 4.69) is 41.4 Å². The summed E-state index contributed by atoms with van der Waals surface area (Å²) in [4.78, 5) is 4.56. The van der Waals surface area contributed by atoms with Crippen molar-refractivity contribution in [3.05, 3.63) is 54.1 Å². The first-order valence-electron chi connectivity index (χ1n) is 5.84. The Morgan fingerprint density at radius 2 is 1.89 bits per heavy atom. The molecule has 3 heteroatoms. The second-order valence-electron chi connectivity index (χ2n) is 4.34. The average Bonchev–Trinajstić information content (AvgIpc) is 2.76. The van der Waals surface area contributed by atoms with Crippen molar-refractivity contribution < 1.29 is 0 Å². The van der Waals surface area contributed by atoms with Gasteiger partial charge in [0.25, 0.3) is 0 Å². The van der Waals surface area contributed by atoms with E-state index in [-0.39, 0.29) is 0 Å². The van der Waals surface area contributed by atoms with Crippen LogP contribution in [0, 0.1) is 6.92 Å². The van der Waals surface area contributed by atoms with Crippen LogP contribution in [0.5, 0.6) is 0 Å². The number of aromatic nitrogens is 1. The van der Waals surface area contributed by atoms with Gasteiger partial charge in [-0.2, -0.15) is 0 Å². The molecule has 0 unspecified atom stereocenters. The van der Waals surface area contributed by atoms with Crippen molar-refractivity contribution in [1.82, 2.24) is 4.98 Å². The van der Waals surface area contributed by atoms with Gasteiger partial charge in [0, 0.05) is 21.5 Å². The summed E-state index contributed by atoms with van der Waals surface area (Å²) in [5.41, 5.74) is 9.06. The molecule has 0 atom stereocenters. The van der Waals surface area contributed by atoms with Gasteiger partial charge >= 0.3 is 0 Å². The second-order valence-corrected chi connectivity index (χ2v) is 5.46. The number of hydrogen-bond acceptors (Lipinski definition) is 2. The summed E-state index contributed by atoms with van der Waals surface area (Å²) in [6.45, 7) is 2.02. The van der Waals surface area contributed by atoms with Crippen molar-refractivity contribution in [3.8, 4) is 0 Å². The molecule has 0 bridgehead atoms. The number of H-pyrrole nitrogens is 1. The maximum Gasteiger partial charge on any atom is 0.0780 e. The summed E-state index contributed by atoms with van der Waals surface area (Å²) >= 11 is 1.70. The number of aromatic amines is 1. The molecule has 1 heterocycles. The molecule has 0 aliphatic rings. The molecule has 3 N–H and O–H groups in total. The molecule has 0 saturated heterocycles. The highest BCUT2D eigenvalue weighted by Crippen LogP contribution is 2.31. The van der Waals surface area contributed by atoms with Crippen molar-refractivity contribution in [2.24, 2.45) is 0 Å². The maximum atomic E-state index is 5.93. The molecule has 0 aliphatic heterocycles. The van der Waals surface area contributed by atoms with E-state index in [1.165, 1.54) is 10.9 Å². The first kappa shape index (κ1) is 11.2. The molecule has 3 aromatic rings. The number of anilines is 1. The van der Waals surface area contributed by atoms with Crippen molar-refractivity contribution in [3.63, 3.8) is 0 Å². The summed E-state index contributed by atoms with van der Waals surface area (Å²) < 4.78 is 0. The molecule has 2 nitrogen and oxygen atoms in total. The van der Waals surface area contributed by atoms with Crippen LogP contribution < -0.4 is 5.73 Å². The van der Waals surface area contributed by atoms with E-state index >= 15 is 0 Å². The third-order valence-electron chi connectivity index (χ3n) is 2.98. The molecular weight excluding hydrogens is 240 g/mol. The number of nitrogens with two attached hydrogens (primary N) is 1. The molecule has 3 rings (SSSR count). The molecule has 2 aromatic carbocycles. The summed E-state index contributed by atoms with van der Waals surface area (Å²) in [6.07, 6.45) is 0. The van der Waals surface area contributed by atoms with Gasteiger partial charge < -0.3 is 10.7 Å². The van der Waals surface area contributed by atoms with Gasteiger partial charge in [0.15, 0.2) is 0 Å². The monoisotopic (exact) mass is 254 g/mol. The number of aryl methyl sites for hydroxylation is 1. The molecule has 0 aliphatic carbocycles. The Morgan fingerprint density at radius 3 is 2.67 bits per heavy atom. The number of rotatable bonds is 2. The molecular formula is C15H14N2S. The lowest BCUT2D eigenvalue weighted by Gasteiger charge is -2.03. The standard InChI is InChI=1S/C15H14N2S/c1-10-6-7-12(9-13(10)16)18-15-8-11-4-2-3-5-14(11)17-15/h2-9,17H,16H2,1H3. The van der Waals surface area contributed by atoms with E-state index in [9.17, 15) is 0 Å². The quantitative estimate of drug-likeness (QED) is 0.673. The van der Waals surface area contributed by atoms with Crippen LogP contribution >= 0.6 is 11.8 Å². The van der Waals surface area contributed by atoms with Gasteiger partial charge in [0.05, 0.1) is 5.03 Å². The molecule has 1 aromatic heterocycles. The van der Waals surface area contributed by atoms with Crippen LogP contribution in [0.3, 0.4) is 0 Å². The first-order chi connectivity index (χ1) is 8.72. The van der Waals surface area contributed by atoms with Gasteiger partial charge in [0.2, 0.25) is 0 Å². The minimum atomic E-state index is 0.844. The Labute approximate surface area is 110 Å². The normalized spacial score (nSPS) is 10.9. The molecule has 0 saturated carbocycles. The van der Waals surface area contributed by atoms with E-state index in [0.717, 1.165) is 21.2 Å². The van der Waals surface area contributed by atoms with Crippen LogP contribution in [0.25, 0.3) is 10.9 Å². The lowest BCUT2D eigenvalue weighted by atomic mass is 10.2. The summed E-state index contributed by atoms with van der Waals surface area (Å²) in [5, 5.41) is 2.37. The average molecular weight is 254 g/mol. The number of nitrogens with one attached hydrogen (secondary N) is 1. The highest BCUT2D eigenvalue weighted by molar-refractivity contribution is 7.99. The van der Waals surface area contributed by atoms with Crippen LogP contribution in [-0.4, -0.2) is 4.98 Å². The predicted octanol–water partition coefficient (Wildman–Crippen LogP) is 4.21. The number of fused-ring (bicyclic) bond motifs is 1. The van der Waals surface area contributed by atoms with Crippen molar-refractivity contribution >= 4 is 28.4 Å². The topological polar surface area (TPSA) is 41.8 Å². The van der Waals surface area contributed by atoms with E-state index in [1.807, 2.05) is 19.1 Å². The summed E-state index contributed by atoms with van der Waals surface area (Å²) in [6, 6.07) is 16.6. The van der Waals surface area contributed by atoms with Crippen LogP contribution in [0.2, 0.25) is 0 Å². The molecule has 18 heavy (non-hydrogen) atoms. The van der Waals surface area contributed by atoms with E-state index in [4.69, 9.17) is 5.73 Å². The van der Waals surface area contributed by atoms with Crippen molar-refractivity contribution in [2.75, 3.05) is 5.73 Å². The van der Waals surface area contributed by atoms with Crippen LogP contribution in [0.15, 0.2) is 58.5 Å². The molecule has 0 amide bonds. The minimum Gasteiger partial charge on any atom is -0.398 e. The number of para-hydroxylation sites is 1. The third kappa shape index (κ3) is 2.09. The van der Waals surface area contributed by atoms with Gasteiger partial charge in [-0.15, -0.1) is 0 Å². The van der Waals surface area contributed by atoms with Gasteiger partial charge in [-0.3, -0.25) is 0 Å².